The van der Waals surface area contributed by atoms with Crippen molar-refractivity contribution in [2.75, 3.05) is 13.7 Å². The standard InChI is InChI=1S/C20H19N3O5S/c1-3-28-19(24)16-17(12-7-5-4-6-8-12)21-20(29)22-18(16)14-11-13(23(25)26)9-10-15(14)27-2/h4-11,18H,3H2,1-2H3,(H2,21,22,29)/t18-/m0/s1. The minimum atomic E-state index is -0.798. The fourth-order valence-electron chi connectivity index (χ4n) is 3.12. The Morgan fingerprint density at radius 1 is 1.24 bits per heavy atom. The summed E-state index contributed by atoms with van der Waals surface area (Å²) < 4.78 is 10.7. The van der Waals surface area contributed by atoms with Crippen molar-refractivity contribution >= 4 is 34.7 Å². The first-order valence-electron chi connectivity index (χ1n) is 8.82. The van der Waals surface area contributed by atoms with Gasteiger partial charge in [-0.1, -0.05) is 30.3 Å². The number of carbonyl (C=O) groups excluding carboxylic acids is 1. The third kappa shape index (κ3) is 4.19. The van der Waals surface area contributed by atoms with Crippen molar-refractivity contribution in [1.29, 1.82) is 0 Å². The number of thiocarbonyl (C=S) groups is 1. The summed E-state index contributed by atoms with van der Waals surface area (Å²) in [4.78, 5) is 23.7. The van der Waals surface area contributed by atoms with Crippen LogP contribution in [0.15, 0.2) is 54.1 Å². The molecule has 8 nitrogen and oxygen atoms in total. The second kappa shape index (κ2) is 8.70. The number of nitro groups is 1. The van der Waals surface area contributed by atoms with Gasteiger partial charge >= 0.3 is 5.97 Å². The number of nitrogens with zero attached hydrogens (tertiary/aromatic N) is 1. The number of methoxy groups -OCH3 is 1. The van der Waals surface area contributed by atoms with Gasteiger partial charge in [-0.05, 0) is 30.8 Å². The molecule has 0 radical (unpaired) electrons. The predicted octanol–water partition coefficient (Wildman–Crippen LogP) is 3.10. The third-order valence-electron chi connectivity index (χ3n) is 4.36. The first-order chi connectivity index (χ1) is 14.0. The summed E-state index contributed by atoms with van der Waals surface area (Å²) >= 11 is 5.34. The fraction of sp³-hybridized carbons (Fsp3) is 0.200. The number of esters is 1. The van der Waals surface area contributed by atoms with Crippen molar-refractivity contribution in [3.8, 4) is 5.75 Å². The molecule has 1 aliphatic rings. The molecule has 0 amide bonds. The molecule has 0 saturated heterocycles. The van der Waals surface area contributed by atoms with Gasteiger partial charge in [0, 0.05) is 17.7 Å². The minimum Gasteiger partial charge on any atom is -0.496 e. The van der Waals surface area contributed by atoms with Crippen molar-refractivity contribution in [2.45, 2.75) is 13.0 Å². The maximum atomic E-state index is 12.9. The minimum absolute atomic E-state index is 0.128. The number of carbonyl (C=O) groups is 1. The Bertz CT molecular complexity index is 991. The van der Waals surface area contributed by atoms with Crippen LogP contribution in [0.2, 0.25) is 0 Å². The van der Waals surface area contributed by atoms with E-state index in [0.717, 1.165) is 5.56 Å². The molecule has 29 heavy (non-hydrogen) atoms. The largest absolute Gasteiger partial charge is 0.496 e. The van der Waals surface area contributed by atoms with E-state index in [2.05, 4.69) is 10.6 Å². The van der Waals surface area contributed by atoms with Crippen LogP contribution in [-0.4, -0.2) is 29.7 Å². The number of hydrogen-bond donors (Lipinski definition) is 2. The van der Waals surface area contributed by atoms with Crippen LogP contribution >= 0.6 is 12.2 Å². The molecule has 2 aromatic carbocycles. The van der Waals surface area contributed by atoms with Crippen LogP contribution in [0, 0.1) is 10.1 Å². The van der Waals surface area contributed by atoms with Crippen LogP contribution in [0.1, 0.15) is 24.1 Å². The number of nitro benzene ring substituents is 1. The molecule has 0 fully saturated rings. The van der Waals surface area contributed by atoms with Gasteiger partial charge < -0.3 is 20.1 Å². The average Bonchev–Trinajstić information content (AvgIpc) is 2.73. The predicted molar refractivity (Wildman–Crippen MR) is 111 cm³/mol. The van der Waals surface area contributed by atoms with E-state index in [1.807, 2.05) is 30.3 Å². The molecule has 3 rings (SSSR count). The Morgan fingerprint density at radius 3 is 2.59 bits per heavy atom. The van der Waals surface area contributed by atoms with Gasteiger partial charge in [0.2, 0.25) is 0 Å². The average molecular weight is 413 g/mol. The quantitative estimate of drug-likeness (QED) is 0.322. The van der Waals surface area contributed by atoms with E-state index in [1.165, 1.54) is 25.3 Å². The van der Waals surface area contributed by atoms with Crippen LogP contribution in [0.3, 0.4) is 0 Å². The molecule has 1 aliphatic heterocycles. The number of rotatable bonds is 6. The van der Waals surface area contributed by atoms with Gasteiger partial charge in [0.1, 0.15) is 5.75 Å². The highest BCUT2D eigenvalue weighted by Gasteiger charge is 2.35. The lowest BCUT2D eigenvalue weighted by molar-refractivity contribution is -0.385. The summed E-state index contributed by atoms with van der Waals surface area (Å²) in [5, 5.41) is 17.6. The number of nitrogens with one attached hydrogen (secondary N) is 2. The van der Waals surface area contributed by atoms with E-state index in [9.17, 15) is 14.9 Å². The second-order valence-corrected chi connectivity index (χ2v) is 6.50. The Hall–Kier alpha value is -3.46. The van der Waals surface area contributed by atoms with Crippen LogP contribution in [0.5, 0.6) is 5.75 Å². The normalized spacial score (nSPS) is 15.9. The van der Waals surface area contributed by atoms with E-state index in [-0.39, 0.29) is 23.0 Å². The summed E-state index contributed by atoms with van der Waals surface area (Å²) in [6.45, 7) is 1.88. The third-order valence-corrected chi connectivity index (χ3v) is 4.58. The van der Waals surface area contributed by atoms with Gasteiger partial charge in [0.25, 0.3) is 5.69 Å². The molecule has 0 aromatic heterocycles. The van der Waals surface area contributed by atoms with Gasteiger partial charge in [-0.15, -0.1) is 0 Å². The molecule has 0 bridgehead atoms. The monoisotopic (exact) mass is 413 g/mol. The zero-order chi connectivity index (χ0) is 21.0. The van der Waals surface area contributed by atoms with Gasteiger partial charge in [-0.25, -0.2) is 4.79 Å². The van der Waals surface area contributed by atoms with Crippen molar-refractivity contribution in [1.82, 2.24) is 10.6 Å². The molecule has 0 aliphatic carbocycles. The lowest BCUT2D eigenvalue weighted by Gasteiger charge is -2.31. The van der Waals surface area contributed by atoms with Crippen molar-refractivity contribution in [3.63, 3.8) is 0 Å². The highest BCUT2D eigenvalue weighted by Crippen LogP contribution is 2.37. The maximum Gasteiger partial charge on any atom is 0.338 e. The maximum absolute atomic E-state index is 12.9. The zero-order valence-electron chi connectivity index (χ0n) is 15.8. The van der Waals surface area contributed by atoms with Crippen molar-refractivity contribution in [3.05, 3.63) is 75.3 Å². The van der Waals surface area contributed by atoms with Crippen LogP contribution in [0.25, 0.3) is 5.70 Å². The van der Waals surface area contributed by atoms with Gasteiger partial charge in [0.15, 0.2) is 5.11 Å². The Labute approximate surface area is 172 Å². The molecule has 150 valence electrons. The number of non-ortho nitro benzene ring substituents is 1. The molecular weight excluding hydrogens is 394 g/mol. The summed E-state index contributed by atoms with van der Waals surface area (Å²) in [5.41, 5.74) is 1.74. The first kappa shape index (κ1) is 20.3. The van der Waals surface area contributed by atoms with Crippen molar-refractivity contribution < 1.29 is 19.2 Å². The highest BCUT2D eigenvalue weighted by molar-refractivity contribution is 7.80. The number of benzene rings is 2. The zero-order valence-corrected chi connectivity index (χ0v) is 16.6. The van der Waals surface area contributed by atoms with Crippen LogP contribution in [-0.2, 0) is 9.53 Å². The van der Waals surface area contributed by atoms with Crippen LogP contribution < -0.4 is 15.4 Å². The van der Waals surface area contributed by atoms with Gasteiger partial charge in [0.05, 0.1) is 36.0 Å². The Kier molecular flexibility index (Phi) is 6.08. The second-order valence-electron chi connectivity index (χ2n) is 6.09. The molecule has 1 heterocycles. The molecule has 0 unspecified atom stereocenters. The molecule has 2 aromatic rings. The lowest BCUT2D eigenvalue weighted by atomic mass is 9.92. The Balaban J connectivity index is 2.26. The summed E-state index contributed by atoms with van der Waals surface area (Å²) in [7, 11) is 1.45. The number of ether oxygens (including phenoxy) is 2. The van der Waals surface area contributed by atoms with E-state index in [4.69, 9.17) is 21.7 Å². The summed E-state index contributed by atoms with van der Waals surface area (Å²) in [6, 6.07) is 12.6. The molecule has 1 atom stereocenters. The molecular formula is C20H19N3O5S. The molecule has 0 spiro atoms. The SMILES string of the molecule is CCOC(=O)C1=C(c2ccccc2)NC(=S)N[C@H]1c1cc([N+](=O)[O-])ccc1OC. The molecule has 9 heteroatoms. The van der Waals surface area contributed by atoms with Crippen LogP contribution in [0.4, 0.5) is 5.69 Å². The van der Waals surface area contributed by atoms with E-state index < -0.39 is 16.9 Å². The summed E-state index contributed by atoms with van der Waals surface area (Å²) in [5.74, 6) is -0.181. The summed E-state index contributed by atoms with van der Waals surface area (Å²) in [6.07, 6.45) is 0. The first-order valence-corrected chi connectivity index (χ1v) is 9.23. The van der Waals surface area contributed by atoms with Crippen molar-refractivity contribution in [2.24, 2.45) is 0 Å². The van der Waals surface area contributed by atoms with Gasteiger partial charge in [-0.2, -0.15) is 0 Å². The van der Waals surface area contributed by atoms with E-state index in [1.54, 1.807) is 6.92 Å². The fourth-order valence-corrected chi connectivity index (χ4v) is 3.34. The molecule has 2 N–H and O–H groups in total. The van der Waals surface area contributed by atoms with Gasteiger partial charge in [-0.3, -0.25) is 10.1 Å². The number of hydrogen-bond acceptors (Lipinski definition) is 6. The van der Waals surface area contributed by atoms with E-state index >= 15 is 0 Å². The lowest BCUT2D eigenvalue weighted by Crippen LogP contribution is -2.45. The van der Waals surface area contributed by atoms with E-state index in [0.29, 0.717) is 17.0 Å². The smallest absolute Gasteiger partial charge is 0.338 e. The highest BCUT2D eigenvalue weighted by atomic mass is 32.1. The Morgan fingerprint density at radius 2 is 1.97 bits per heavy atom. The molecule has 0 saturated carbocycles. The topological polar surface area (TPSA) is 103 Å².